The van der Waals surface area contributed by atoms with E-state index in [9.17, 15) is 10.1 Å². The summed E-state index contributed by atoms with van der Waals surface area (Å²) in [5.41, 5.74) is 8.77. The zero-order valence-electron chi connectivity index (χ0n) is 21.9. The first-order valence-electron chi connectivity index (χ1n) is 12.7. The Morgan fingerprint density at radius 1 is 0.953 bits per heavy atom. The highest BCUT2D eigenvalue weighted by Gasteiger charge is 2.31. The molecule has 0 saturated carbocycles. The van der Waals surface area contributed by atoms with Crippen LogP contribution in [0.1, 0.15) is 32.3 Å². The van der Waals surface area contributed by atoms with Crippen molar-refractivity contribution in [3.8, 4) is 23.3 Å². The quantitative estimate of drug-likeness (QED) is 0.143. The van der Waals surface area contributed by atoms with Crippen LogP contribution in [-0.2, 0) is 6.61 Å². The summed E-state index contributed by atoms with van der Waals surface area (Å²) in [5.74, 6) is -0.0298. The van der Waals surface area contributed by atoms with E-state index in [4.69, 9.17) is 66.3 Å². The molecule has 1 aliphatic rings. The Hall–Kier alpha value is -3.90. The molecular formula is C32H18Cl4N2O4S. The largest absolute Gasteiger partial charge is 0.489 e. The molecule has 11 heteroatoms. The maximum atomic E-state index is 13.1. The number of ether oxygens (including phenoxy) is 3. The molecule has 0 fully saturated rings. The monoisotopic (exact) mass is 666 g/mol. The summed E-state index contributed by atoms with van der Waals surface area (Å²) in [5, 5.41) is 12.0. The average Bonchev–Trinajstić information content (AvgIpc) is 3.32. The average molecular weight is 668 g/mol. The predicted octanol–water partition coefficient (Wildman–Crippen LogP) is 9.53. The van der Waals surface area contributed by atoms with Crippen molar-refractivity contribution in [1.82, 2.24) is 0 Å². The van der Waals surface area contributed by atoms with Crippen LogP contribution >= 0.6 is 57.7 Å². The Morgan fingerprint density at radius 3 is 2.44 bits per heavy atom. The normalized spacial score (nSPS) is 14.2. The minimum atomic E-state index is -0.667. The van der Waals surface area contributed by atoms with Gasteiger partial charge in [0.25, 0.3) is 0 Å². The number of carbonyl (C=O) groups excluding carboxylic acids is 1. The van der Waals surface area contributed by atoms with Gasteiger partial charge in [-0.1, -0.05) is 82.8 Å². The summed E-state index contributed by atoms with van der Waals surface area (Å²) >= 11 is 26.3. The van der Waals surface area contributed by atoms with E-state index >= 15 is 0 Å². The molecule has 1 aliphatic heterocycles. The number of hydrogen-bond donors (Lipinski definition) is 1. The second-order valence-corrected chi connectivity index (χ2v) is 12.1. The summed E-state index contributed by atoms with van der Waals surface area (Å²) in [7, 11) is 0. The smallest absolute Gasteiger partial charge is 0.355 e. The van der Waals surface area contributed by atoms with Gasteiger partial charge in [0.1, 0.15) is 40.4 Å². The summed E-state index contributed by atoms with van der Waals surface area (Å²) < 4.78 is 18.0. The van der Waals surface area contributed by atoms with Crippen LogP contribution in [-0.4, -0.2) is 5.97 Å². The Morgan fingerprint density at radius 2 is 1.70 bits per heavy atom. The molecule has 5 aromatic rings. The van der Waals surface area contributed by atoms with E-state index in [0.717, 1.165) is 22.5 Å². The number of halogens is 4. The molecule has 0 aliphatic carbocycles. The van der Waals surface area contributed by atoms with E-state index in [2.05, 4.69) is 6.07 Å². The van der Waals surface area contributed by atoms with Crippen LogP contribution in [0.2, 0.25) is 20.1 Å². The first-order valence-corrected chi connectivity index (χ1v) is 15.0. The molecule has 1 aromatic heterocycles. The Labute approximate surface area is 270 Å². The van der Waals surface area contributed by atoms with Crippen molar-refractivity contribution in [3.05, 3.63) is 132 Å². The highest BCUT2D eigenvalue weighted by molar-refractivity contribution is 7.21. The lowest BCUT2D eigenvalue weighted by Gasteiger charge is -2.26. The number of rotatable bonds is 6. The lowest BCUT2D eigenvalue weighted by Crippen LogP contribution is -2.21. The van der Waals surface area contributed by atoms with Gasteiger partial charge in [-0.2, -0.15) is 5.26 Å². The first-order chi connectivity index (χ1) is 20.7. The van der Waals surface area contributed by atoms with Gasteiger partial charge in [-0.05, 0) is 42.0 Å². The fourth-order valence-electron chi connectivity index (χ4n) is 4.77. The van der Waals surface area contributed by atoms with Gasteiger partial charge in [0.15, 0.2) is 0 Å². The molecule has 1 atom stereocenters. The van der Waals surface area contributed by atoms with E-state index in [0.29, 0.717) is 48.8 Å². The van der Waals surface area contributed by atoms with Crippen molar-refractivity contribution in [2.45, 2.75) is 12.5 Å². The van der Waals surface area contributed by atoms with Crippen molar-refractivity contribution >= 4 is 73.8 Å². The summed E-state index contributed by atoms with van der Waals surface area (Å²) in [6, 6.07) is 25.1. The van der Waals surface area contributed by atoms with Crippen LogP contribution in [0.15, 0.2) is 90.3 Å². The van der Waals surface area contributed by atoms with Gasteiger partial charge in [0.05, 0.1) is 16.0 Å². The van der Waals surface area contributed by atoms with Gasteiger partial charge >= 0.3 is 5.97 Å². The molecule has 0 bridgehead atoms. The third-order valence-corrected chi connectivity index (χ3v) is 9.29. The summed E-state index contributed by atoms with van der Waals surface area (Å²) in [4.78, 5) is 13.3. The lowest BCUT2D eigenvalue weighted by atomic mass is 9.83. The maximum Gasteiger partial charge on any atom is 0.355 e. The van der Waals surface area contributed by atoms with E-state index in [-0.39, 0.29) is 27.1 Å². The molecule has 4 aromatic carbocycles. The lowest BCUT2D eigenvalue weighted by molar-refractivity contribution is 0.0740. The molecule has 214 valence electrons. The van der Waals surface area contributed by atoms with Crippen LogP contribution in [0.5, 0.6) is 17.2 Å². The van der Waals surface area contributed by atoms with Crippen molar-refractivity contribution in [1.29, 1.82) is 5.26 Å². The SMILES string of the molecule is N#CC1=C(N)Oc2cc(OC(=O)c3sc4cc(Cl)cc(Cl)c4c3Cl)ccc2C1c1ccc(OCc2ccccc2Cl)cc1. The molecule has 2 N–H and O–H groups in total. The van der Waals surface area contributed by atoms with E-state index < -0.39 is 11.9 Å². The minimum absolute atomic E-state index is 0.0402. The molecule has 0 spiro atoms. The van der Waals surface area contributed by atoms with Gasteiger partial charge in [0, 0.05) is 37.3 Å². The minimum Gasteiger partial charge on any atom is -0.489 e. The van der Waals surface area contributed by atoms with E-state index in [1.807, 2.05) is 48.5 Å². The van der Waals surface area contributed by atoms with Crippen molar-refractivity contribution < 1.29 is 19.0 Å². The van der Waals surface area contributed by atoms with Crippen LogP contribution in [0.25, 0.3) is 10.1 Å². The summed E-state index contributed by atoms with van der Waals surface area (Å²) in [6.07, 6.45) is 0. The number of nitriles is 1. The van der Waals surface area contributed by atoms with Gasteiger partial charge in [-0.3, -0.25) is 0 Å². The third-order valence-electron chi connectivity index (χ3n) is 6.80. The molecule has 6 rings (SSSR count). The standard InChI is InChI=1S/C32H18Cl4N2O4S/c33-18-11-24(35)28-26(12-18)43-30(29(28)36)32(39)41-20-9-10-21-25(13-20)42-31(38)22(14-37)27(21)16-5-7-19(8-6-16)40-15-17-3-1-2-4-23(17)34/h1-13,27H,15,38H2. The molecule has 0 radical (unpaired) electrons. The molecule has 6 nitrogen and oxygen atoms in total. The highest BCUT2D eigenvalue weighted by atomic mass is 35.5. The van der Waals surface area contributed by atoms with Gasteiger partial charge in [-0.25, -0.2) is 4.79 Å². The van der Waals surface area contributed by atoms with Gasteiger partial charge in [-0.15, -0.1) is 11.3 Å². The maximum absolute atomic E-state index is 13.1. The molecule has 43 heavy (non-hydrogen) atoms. The summed E-state index contributed by atoms with van der Waals surface area (Å²) in [6.45, 7) is 0.310. The molecule has 0 saturated heterocycles. The highest BCUT2D eigenvalue weighted by Crippen LogP contribution is 2.45. The van der Waals surface area contributed by atoms with Crippen LogP contribution in [0.4, 0.5) is 0 Å². The number of thiophene rings is 1. The van der Waals surface area contributed by atoms with Gasteiger partial charge < -0.3 is 19.9 Å². The number of nitrogens with two attached hydrogens (primary N) is 1. The van der Waals surface area contributed by atoms with Gasteiger partial charge in [0.2, 0.25) is 5.88 Å². The molecule has 0 amide bonds. The number of benzene rings is 4. The number of carbonyl (C=O) groups is 1. The Bertz CT molecular complexity index is 1980. The first kappa shape index (κ1) is 29.2. The number of hydrogen-bond acceptors (Lipinski definition) is 7. The molecular weight excluding hydrogens is 650 g/mol. The predicted molar refractivity (Wildman–Crippen MR) is 170 cm³/mol. The zero-order valence-corrected chi connectivity index (χ0v) is 25.7. The number of allylic oxidation sites excluding steroid dienone is 1. The Kier molecular flexibility index (Phi) is 8.15. The molecule has 2 heterocycles. The second kappa shape index (κ2) is 12.0. The fourth-order valence-corrected chi connectivity index (χ4v) is 7.21. The zero-order chi connectivity index (χ0) is 30.2. The van der Waals surface area contributed by atoms with Crippen molar-refractivity contribution in [2.24, 2.45) is 5.73 Å². The van der Waals surface area contributed by atoms with E-state index in [1.54, 1.807) is 30.3 Å². The van der Waals surface area contributed by atoms with Crippen LogP contribution < -0.4 is 19.9 Å². The number of esters is 1. The van der Waals surface area contributed by atoms with Crippen molar-refractivity contribution in [2.75, 3.05) is 0 Å². The van der Waals surface area contributed by atoms with Crippen molar-refractivity contribution in [3.63, 3.8) is 0 Å². The number of fused-ring (bicyclic) bond motifs is 2. The number of nitrogens with zero attached hydrogens (tertiary/aromatic N) is 1. The topological polar surface area (TPSA) is 94.6 Å². The van der Waals surface area contributed by atoms with Crippen LogP contribution in [0.3, 0.4) is 0 Å². The fraction of sp³-hybridized carbons (Fsp3) is 0.0625. The molecule has 1 unspecified atom stereocenters. The van der Waals surface area contributed by atoms with E-state index in [1.165, 1.54) is 0 Å². The van der Waals surface area contributed by atoms with Crippen LogP contribution in [0, 0.1) is 11.3 Å². The Balaban J connectivity index is 1.25. The second-order valence-electron chi connectivity index (χ2n) is 9.47. The third kappa shape index (κ3) is 5.73.